The molecule has 0 aliphatic carbocycles. The van der Waals surface area contributed by atoms with Crippen LogP contribution in [0.3, 0.4) is 0 Å². The molecule has 0 unspecified atom stereocenters. The number of benzene rings is 1. The van der Waals surface area contributed by atoms with E-state index < -0.39 is 11.6 Å². The van der Waals surface area contributed by atoms with Gasteiger partial charge in [0.15, 0.2) is 0 Å². The highest BCUT2D eigenvalue weighted by Crippen LogP contribution is 2.24. The number of nitrogens with zero attached hydrogens (tertiary/aromatic N) is 1. The van der Waals surface area contributed by atoms with Gasteiger partial charge in [-0.05, 0) is 38.6 Å². The summed E-state index contributed by atoms with van der Waals surface area (Å²) in [6.07, 6.45) is 0.112. The number of hydrogen-bond donors (Lipinski definition) is 1. The van der Waals surface area contributed by atoms with Gasteiger partial charge in [0.1, 0.15) is 17.3 Å². The summed E-state index contributed by atoms with van der Waals surface area (Å²) in [5, 5.41) is 2.87. The maximum atomic E-state index is 13.9. The zero-order chi connectivity index (χ0) is 14.4. The first-order valence-electron chi connectivity index (χ1n) is 6.41. The number of anilines is 1. The van der Waals surface area contributed by atoms with Gasteiger partial charge in [0.2, 0.25) is 0 Å². The van der Waals surface area contributed by atoms with E-state index in [1.807, 2.05) is 13.8 Å². The maximum Gasteiger partial charge on any atom is 0.149 e. The van der Waals surface area contributed by atoms with E-state index in [0.717, 1.165) is 0 Å². The van der Waals surface area contributed by atoms with E-state index in [4.69, 9.17) is 4.74 Å². The lowest BCUT2D eigenvalue weighted by molar-refractivity contribution is 0.0845. The van der Waals surface area contributed by atoms with E-state index in [1.54, 1.807) is 14.1 Å². The second-order valence-electron chi connectivity index (χ2n) is 4.78. The number of hydrogen-bond acceptors (Lipinski definition) is 3. The molecule has 108 valence electrons. The minimum absolute atomic E-state index is 0.00721. The van der Waals surface area contributed by atoms with Gasteiger partial charge in [-0.3, -0.25) is 0 Å². The Morgan fingerprint density at radius 3 is 2.32 bits per heavy atom. The van der Waals surface area contributed by atoms with Crippen molar-refractivity contribution in [1.29, 1.82) is 0 Å². The highest BCUT2D eigenvalue weighted by molar-refractivity contribution is 5.50. The smallest absolute Gasteiger partial charge is 0.149 e. The average molecular weight is 272 g/mol. The molecule has 0 saturated heterocycles. The molecule has 0 aliphatic rings. The molecule has 0 atom stereocenters. The third-order valence-corrected chi connectivity index (χ3v) is 2.72. The number of halogens is 2. The minimum atomic E-state index is -0.544. The van der Waals surface area contributed by atoms with Gasteiger partial charge in [0.25, 0.3) is 0 Å². The van der Waals surface area contributed by atoms with Gasteiger partial charge < -0.3 is 15.0 Å². The standard InChI is InChI=1S/C14H22F2N2O/c1-10(2)19-6-5-18(4)14-12(15)7-11(9-17-3)8-13(14)16/h7-8,10,17H,5-6,9H2,1-4H3. The fraction of sp³-hybridized carbons (Fsp3) is 0.571. The van der Waals surface area contributed by atoms with E-state index in [1.165, 1.54) is 17.0 Å². The van der Waals surface area contributed by atoms with Crippen LogP contribution in [0, 0.1) is 11.6 Å². The topological polar surface area (TPSA) is 24.5 Å². The summed E-state index contributed by atoms with van der Waals surface area (Å²) in [5.74, 6) is -1.09. The van der Waals surface area contributed by atoms with Crippen LogP contribution < -0.4 is 10.2 Å². The molecule has 0 saturated carbocycles. The van der Waals surface area contributed by atoms with Gasteiger partial charge in [0, 0.05) is 20.1 Å². The molecule has 1 aromatic rings. The van der Waals surface area contributed by atoms with Crippen molar-refractivity contribution in [3.8, 4) is 0 Å². The second kappa shape index (κ2) is 7.40. The van der Waals surface area contributed by atoms with Gasteiger partial charge in [0.05, 0.1) is 12.7 Å². The summed E-state index contributed by atoms with van der Waals surface area (Å²) in [6, 6.07) is 2.71. The molecule has 0 bridgehead atoms. The van der Waals surface area contributed by atoms with Crippen LogP contribution in [0.15, 0.2) is 12.1 Å². The van der Waals surface area contributed by atoms with Crippen LogP contribution in [0.25, 0.3) is 0 Å². The predicted molar refractivity (Wildman–Crippen MR) is 73.5 cm³/mol. The van der Waals surface area contributed by atoms with Crippen LogP contribution in [0.4, 0.5) is 14.5 Å². The van der Waals surface area contributed by atoms with Crippen molar-refractivity contribution in [2.75, 3.05) is 32.1 Å². The van der Waals surface area contributed by atoms with Gasteiger partial charge in [-0.15, -0.1) is 0 Å². The third kappa shape index (κ3) is 4.76. The van der Waals surface area contributed by atoms with E-state index in [2.05, 4.69) is 5.32 Å². The summed E-state index contributed by atoms with van der Waals surface area (Å²) in [7, 11) is 3.39. The van der Waals surface area contributed by atoms with E-state index >= 15 is 0 Å². The lowest BCUT2D eigenvalue weighted by Crippen LogP contribution is -2.26. The van der Waals surface area contributed by atoms with Crippen LogP contribution in [-0.4, -0.2) is 33.4 Å². The molecule has 1 aromatic carbocycles. The molecule has 1 N–H and O–H groups in total. The first-order valence-corrected chi connectivity index (χ1v) is 6.41. The lowest BCUT2D eigenvalue weighted by atomic mass is 10.1. The monoisotopic (exact) mass is 272 g/mol. The molecule has 0 fully saturated rings. The molecule has 19 heavy (non-hydrogen) atoms. The Morgan fingerprint density at radius 1 is 1.26 bits per heavy atom. The van der Waals surface area contributed by atoms with Crippen molar-refractivity contribution in [2.24, 2.45) is 0 Å². The molecule has 0 heterocycles. The van der Waals surface area contributed by atoms with E-state index in [9.17, 15) is 8.78 Å². The highest BCUT2D eigenvalue weighted by Gasteiger charge is 2.15. The van der Waals surface area contributed by atoms with E-state index in [-0.39, 0.29) is 11.8 Å². The Hall–Kier alpha value is -1.20. The fourth-order valence-corrected chi connectivity index (χ4v) is 1.83. The molecular weight excluding hydrogens is 250 g/mol. The number of likely N-dealkylation sites (N-methyl/N-ethyl adjacent to an activating group) is 1. The molecule has 1 rings (SSSR count). The fourth-order valence-electron chi connectivity index (χ4n) is 1.83. The Bertz CT molecular complexity index is 387. The molecule has 3 nitrogen and oxygen atoms in total. The van der Waals surface area contributed by atoms with Crippen molar-refractivity contribution in [3.63, 3.8) is 0 Å². The summed E-state index contributed by atoms with van der Waals surface area (Å²) in [4.78, 5) is 1.54. The zero-order valence-electron chi connectivity index (χ0n) is 12.0. The first kappa shape index (κ1) is 15.9. The third-order valence-electron chi connectivity index (χ3n) is 2.72. The lowest BCUT2D eigenvalue weighted by Gasteiger charge is -2.21. The SMILES string of the molecule is CNCc1cc(F)c(N(C)CCOC(C)C)c(F)c1. The number of nitrogens with one attached hydrogen (secondary N) is 1. The molecular formula is C14H22F2N2O. The summed E-state index contributed by atoms with van der Waals surface area (Å²) in [6.45, 7) is 5.17. The average Bonchev–Trinajstić information content (AvgIpc) is 2.27. The normalized spacial score (nSPS) is 11.1. The molecule has 0 radical (unpaired) electrons. The Morgan fingerprint density at radius 2 is 1.84 bits per heavy atom. The maximum absolute atomic E-state index is 13.9. The van der Waals surface area contributed by atoms with Crippen LogP contribution in [0.5, 0.6) is 0 Å². The second-order valence-corrected chi connectivity index (χ2v) is 4.78. The molecule has 0 aromatic heterocycles. The van der Waals surface area contributed by atoms with Gasteiger partial charge in [-0.1, -0.05) is 0 Å². The Balaban J connectivity index is 2.76. The van der Waals surface area contributed by atoms with Crippen LogP contribution in [0.2, 0.25) is 0 Å². The van der Waals surface area contributed by atoms with Crippen molar-refractivity contribution in [1.82, 2.24) is 5.32 Å². The van der Waals surface area contributed by atoms with Crippen molar-refractivity contribution < 1.29 is 13.5 Å². The largest absolute Gasteiger partial charge is 0.377 e. The van der Waals surface area contributed by atoms with Crippen molar-refractivity contribution >= 4 is 5.69 Å². The zero-order valence-corrected chi connectivity index (χ0v) is 12.0. The van der Waals surface area contributed by atoms with Crippen molar-refractivity contribution in [2.45, 2.75) is 26.5 Å². The van der Waals surface area contributed by atoms with E-state index in [0.29, 0.717) is 25.3 Å². The Labute approximate surface area is 113 Å². The molecule has 0 amide bonds. The van der Waals surface area contributed by atoms with Gasteiger partial charge in [-0.25, -0.2) is 8.78 Å². The summed E-state index contributed by atoms with van der Waals surface area (Å²) < 4.78 is 33.2. The number of rotatable bonds is 7. The first-order chi connectivity index (χ1) is 8.95. The summed E-state index contributed by atoms with van der Waals surface area (Å²) >= 11 is 0. The van der Waals surface area contributed by atoms with Crippen LogP contribution >= 0.6 is 0 Å². The quantitative estimate of drug-likeness (QED) is 0.825. The van der Waals surface area contributed by atoms with Crippen LogP contribution in [-0.2, 0) is 11.3 Å². The molecule has 5 heteroatoms. The molecule has 0 aliphatic heterocycles. The van der Waals surface area contributed by atoms with Gasteiger partial charge in [-0.2, -0.15) is 0 Å². The minimum Gasteiger partial charge on any atom is -0.377 e. The van der Waals surface area contributed by atoms with Crippen LogP contribution in [0.1, 0.15) is 19.4 Å². The van der Waals surface area contributed by atoms with Crippen molar-refractivity contribution in [3.05, 3.63) is 29.3 Å². The highest BCUT2D eigenvalue weighted by atomic mass is 19.1. The predicted octanol–water partition coefficient (Wildman–Crippen LogP) is 2.55. The molecule has 0 spiro atoms. The summed E-state index contributed by atoms with van der Waals surface area (Å²) in [5.41, 5.74) is 0.584. The van der Waals surface area contributed by atoms with Gasteiger partial charge >= 0.3 is 0 Å². The Kier molecular flexibility index (Phi) is 6.18. The number of ether oxygens (including phenoxy) is 1.